The smallest absolute Gasteiger partial charge is 0.337 e. The first kappa shape index (κ1) is 19.4. The van der Waals surface area contributed by atoms with Gasteiger partial charge in [-0.1, -0.05) is 41.6 Å². The lowest BCUT2D eigenvalue weighted by molar-refractivity contribution is 0.0601. The predicted octanol–water partition coefficient (Wildman–Crippen LogP) is 2.48. The molecule has 0 spiro atoms. The summed E-state index contributed by atoms with van der Waals surface area (Å²) in [5, 5.41) is 11.2. The number of carbonyl (C=O) groups excluding carboxylic acids is 1. The topological polar surface area (TPSA) is 112 Å². The molecule has 0 bridgehead atoms. The molecule has 0 atom stereocenters. The number of anilines is 2. The van der Waals surface area contributed by atoms with E-state index in [-0.39, 0.29) is 5.82 Å². The van der Waals surface area contributed by atoms with E-state index in [1.807, 2.05) is 25.1 Å². The molecular weight excluding hydrogens is 378 g/mol. The van der Waals surface area contributed by atoms with Crippen molar-refractivity contribution in [3.63, 3.8) is 0 Å². The van der Waals surface area contributed by atoms with Crippen LogP contribution in [0.2, 0.25) is 0 Å². The van der Waals surface area contributed by atoms with Crippen molar-refractivity contribution in [3.8, 4) is 0 Å². The predicted molar refractivity (Wildman–Crippen MR) is 108 cm³/mol. The van der Waals surface area contributed by atoms with Gasteiger partial charge in [-0.3, -0.25) is 4.79 Å². The molecule has 8 nitrogen and oxygen atoms in total. The number of aromatic nitrogens is 3. The molecule has 1 heterocycles. The van der Waals surface area contributed by atoms with Crippen LogP contribution in [0, 0.1) is 6.92 Å². The summed E-state index contributed by atoms with van der Waals surface area (Å²) in [4.78, 5) is 23.9. The van der Waals surface area contributed by atoms with Crippen LogP contribution in [-0.4, -0.2) is 28.0 Å². The maximum absolute atomic E-state index is 12.5. The number of aryl methyl sites for hydroxylation is 1. The Morgan fingerprint density at radius 2 is 1.96 bits per heavy atom. The molecule has 0 radical (unpaired) electrons. The molecule has 0 aliphatic heterocycles. The third kappa shape index (κ3) is 4.49. The second-order valence-electron chi connectivity index (χ2n) is 5.98. The minimum atomic E-state index is -0.501. The normalized spacial score (nSPS) is 10.5. The van der Waals surface area contributed by atoms with Crippen molar-refractivity contribution < 1.29 is 9.53 Å². The number of benzene rings is 2. The largest absolute Gasteiger partial charge is 0.465 e. The van der Waals surface area contributed by atoms with Gasteiger partial charge < -0.3 is 15.9 Å². The van der Waals surface area contributed by atoms with E-state index in [0.29, 0.717) is 22.2 Å². The lowest BCUT2D eigenvalue weighted by Gasteiger charge is -2.09. The molecule has 1 aromatic heterocycles. The van der Waals surface area contributed by atoms with Gasteiger partial charge in [-0.25, -0.2) is 4.79 Å². The van der Waals surface area contributed by atoms with Gasteiger partial charge in [0.25, 0.3) is 0 Å². The van der Waals surface area contributed by atoms with Gasteiger partial charge in [-0.2, -0.15) is 4.68 Å². The van der Waals surface area contributed by atoms with Crippen molar-refractivity contribution in [1.29, 1.82) is 0 Å². The standard InChI is InChI=1S/C19H19N5O3S/c1-12-4-3-5-13(10-12)11-28-19-23-22-16(17(25)24(19)20)21-15-8-6-14(7-9-15)18(26)27-2/h3-10H,11,20H2,1-2H3,(H,21,22). The van der Waals surface area contributed by atoms with Crippen molar-refractivity contribution in [2.45, 2.75) is 17.8 Å². The fourth-order valence-electron chi connectivity index (χ4n) is 2.46. The molecule has 144 valence electrons. The van der Waals surface area contributed by atoms with Crippen molar-refractivity contribution in [1.82, 2.24) is 14.9 Å². The van der Waals surface area contributed by atoms with Crippen molar-refractivity contribution in [2.24, 2.45) is 0 Å². The molecule has 3 rings (SSSR count). The van der Waals surface area contributed by atoms with E-state index in [1.165, 1.54) is 18.9 Å². The molecule has 0 saturated carbocycles. The zero-order chi connectivity index (χ0) is 20.1. The van der Waals surface area contributed by atoms with Gasteiger partial charge in [0, 0.05) is 11.4 Å². The Labute approximate surface area is 165 Å². The highest BCUT2D eigenvalue weighted by atomic mass is 32.2. The molecule has 0 aliphatic carbocycles. The summed E-state index contributed by atoms with van der Waals surface area (Å²) in [6.07, 6.45) is 0. The average Bonchev–Trinajstić information content (AvgIpc) is 2.71. The maximum atomic E-state index is 12.5. The fraction of sp³-hybridized carbons (Fsp3) is 0.158. The molecule has 0 unspecified atom stereocenters. The van der Waals surface area contributed by atoms with Gasteiger partial charge in [0.2, 0.25) is 11.0 Å². The molecule has 2 aromatic carbocycles. The Kier molecular flexibility index (Phi) is 5.95. The van der Waals surface area contributed by atoms with E-state index in [0.717, 1.165) is 15.8 Å². The first-order chi connectivity index (χ1) is 13.5. The lowest BCUT2D eigenvalue weighted by Crippen LogP contribution is -2.32. The molecule has 9 heteroatoms. The number of rotatable bonds is 6. The van der Waals surface area contributed by atoms with E-state index in [9.17, 15) is 9.59 Å². The quantitative estimate of drug-likeness (QED) is 0.371. The minimum absolute atomic E-state index is 0.00627. The zero-order valence-corrected chi connectivity index (χ0v) is 16.2. The lowest BCUT2D eigenvalue weighted by atomic mass is 10.2. The number of nitrogens with zero attached hydrogens (tertiary/aromatic N) is 3. The summed E-state index contributed by atoms with van der Waals surface area (Å²) in [6, 6.07) is 14.5. The summed E-state index contributed by atoms with van der Waals surface area (Å²) in [5.74, 6) is 6.07. The number of carbonyl (C=O) groups is 1. The number of hydrogen-bond acceptors (Lipinski definition) is 8. The highest BCUT2D eigenvalue weighted by Gasteiger charge is 2.12. The van der Waals surface area contributed by atoms with Crippen LogP contribution < -0.4 is 16.7 Å². The van der Waals surface area contributed by atoms with Crippen molar-refractivity contribution in [2.75, 3.05) is 18.3 Å². The second kappa shape index (κ2) is 8.57. The second-order valence-corrected chi connectivity index (χ2v) is 6.92. The highest BCUT2D eigenvalue weighted by Crippen LogP contribution is 2.20. The van der Waals surface area contributed by atoms with E-state index < -0.39 is 11.5 Å². The van der Waals surface area contributed by atoms with Crippen LogP contribution in [0.5, 0.6) is 0 Å². The SMILES string of the molecule is COC(=O)c1ccc(Nc2nnc(SCc3cccc(C)c3)n(N)c2=O)cc1. The van der Waals surface area contributed by atoms with Gasteiger partial charge in [0.1, 0.15) is 0 Å². The minimum Gasteiger partial charge on any atom is -0.465 e. The Hall–Kier alpha value is -3.33. The van der Waals surface area contributed by atoms with Crippen LogP contribution in [-0.2, 0) is 10.5 Å². The molecule has 3 aromatic rings. The summed E-state index contributed by atoms with van der Waals surface area (Å²) < 4.78 is 5.62. The summed E-state index contributed by atoms with van der Waals surface area (Å²) in [7, 11) is 1.31. The molecular formula is C19H19N5O3S. The Morgan fingerprint density at radius 1 is 1.21 bits per heavy atom. The van der Waals surface area contributed by atoms with Gasteiger partial charge >= 0.3 is 11.5 Å². The number of esters is 1. The van der Waals surface area contributed by atoms with Crippen molar-refractivity contribution >= 4 is 29.2 Å². The van der Waals surface area contributed by atoms with Crippen LogP contribution in [0.1, 0.15) is 21.5 Å². The van der Waals surface area contributed by atoms with Gasteiger partial charge in [-0.05, 0) is 36.8 Å². The fourth-order valence-corrected chi connectivity index (χ4v) is 3.25. The number of nitrogens with two attached hydrogens (primary N) is 1. The van der Waals surface area contributed by atoms with Crippen LogP contribution in [0.4, 0.5) is 11.5 Å². The number of nitrogen functional groups attached to an aromatic ring is 1. The summed E-state index contributed by atoms with van der Waals surface area (Å²) in [6.45, 7) is 2.02. The van der Waals surface area contributed by atoms with Crippen LogP contribution in [0.3, 0.4) is 0 Å². The molecule has 3 N–H and O–H groups in total. The highest BCUT2D eigenvalue weighted by molar-refractivity contribution is 7.98. The van der Waals surface area contributed by atoms with Crippen LogP contribution >= 0.6 is 11.8 Å². The van der Waals surface area contributed by atoms with E-state index in [1.54, 1.807) is 24.3 Å². The Balaban J connectivity index is 1.73. The third-order valence-corrected chi connectivity index (χ3v) is 4.90. The van der Waals surface area contributed by atoms with Gasteiger partial charge in [-0.15, -0.1) is 10.2 Å². The number of methoxy groups -OCH3 is 1. The van der Waals surface area contributed by atoms with Crippen molar-refractivity contribution in [3.05, 3.63) is 75.6 Å². The number of nitrogens with one attached hydrogen (secondary N) is 1. The van der Waals surface area contributed by atoms with E-state index in [2.05, 4.69) is 26.3 Å². The van der Waals surface area contributed by atoms with E-state index >= 15 is 0 Å². The molecule has 0 fully saturated rings. The van der Waals surface area contributed by atoms with Crippen LogP contribution in [0.15, 0.2) is 58.5 Å². The first-order valence-corrected chi connectivity index (χ1v) is 9.35. The summed E-state index contributed by atoms with van der Waals surface area (Å²) in [5.41, 5.74) is 2.73. The molecule has 28 heavy (non-hydrogen) atoms. The number of thioether (sulfide) groups is 1. The van der Waals surface area contributed by atoms with Gasteiger partial charge in [0.15, 0.2) is 0 Å². The number of ether oxygens (including phenoxy) is 1. The third-order valence-electron chi connectivity index (χ3n) is 3.88. The molecule has 0 aliphatic rings. The number of hydrogen-bond donors (Lipinski definition) is 2. The Morgan fingerprint density at radius 3 is 2.64 bits per heavy atom. The molecule has 0 amide bonds. The monoisotopic (exact) mass is 397 g/mol. The molecule has 0 saturated heterocycles. The summed E-state index contributed by atoms with van der Waals surface area (Å²) >= 11 is 1.33. The average molecular weight is 397 g/mol. The zero-order valence-electron chi connectivity index (χ0n) is 15.4. The van der Waals surface area contributed by atoms with Crippen LogP contribution in [0.25, 0.3) is 0 Å². The first-order valence-electron chi connectivity index (χ1n) is 8.36. The van der Waals surface area contributed by atoms with E-state index in [4.69, 9.17) is 5.84 Å². The van der Waals surface area contributed by atoms with Gasteiger partial charge in [0.05, 0.1) is 12.7 Å². The Bertz CT molecular complexity index is 1050. The maximum Gasteiger partial charge on any atom is 0.337 e.